The minimum absolute atomic E-state index is 0.247. The van der Waals surface area contributed by atoms with Gasteiger partial charge in [-0.25, -0.2) is 4.98 Å². The van der Waals surface area contributed by atoms with E-state index >= 15 is 0 Å². The Kier molecular flexibility index (Phi) is 4.90. The van der Waals surface area contributed by atoms with E-state index in [1.165, 1.54) is 5.69 Å². The van der Waals surface area contributed by atoms with Crippen LogP contribution in [0.1, 0.15) is 23.3 Å². The predicted molar refractivity (Wildman–Crippen MR) is 107 cm³/mol. The van der Waals surface area contributed by atoms with Gasteiger partial charge in [0.2, 0.25) is 0 Å². The van der Waals surface area contributed by atoms with E-state index in [2.05, 4.69) is 44.4 Å². The lowest BCUT2D eigenvalue weighted by Crippen LogP contribution is -2.32. The molecule has 1 aromatic carbocycles. The summed E-state index contributed by atoms with van der Waals surface area (Å²) in [6.07, 6.45) is 2.25. The quantitative estimate of drug-likeness (QED) is 0.825. The smallest absolute Gasteiger partial charge is 0.322 e. The number of amides is 1. The second-order valence-corrected chi connectivity index (χ2v) is 7.64. The first kappa shape index (κ1) is 18.3. The van der Waals surface area contributed by atoms with Crippen LogP contribution in [0, 0.1) is 5.41 Å². The zero-order chi connectivity index (χ0) is 19.6. The standard InChI is InChI=1S/C21H24N4O3/c26-19(27)13-22-20(28)17-7-4-8-18(23-17)25-12-10-21(15-25)9-11-24(14-21)16-5-2-1-3-6-16/h1-8H,9-15H2,(H,22,28)(H,26,27). The third-order valence-electron chi connectivity index (χ3n) is 5.69. The van der Waals surface area contributed by atoms with Crippen LogP contribution < -0.4 is 15.1 Å². The minimum atomic E-state index is -1.07. The topological polar surface area (TPSA) is 85.8 Å². The third-order valence-corrected chi connectivity index (χ3v) is 5.69. The number of nitrogens with zero attached hydrogens (tertiary/aromatic N) is 3. The van der Waals surface area contributed by atoms with Gasteiger partial charge in [0.25, 0.3) is 5.91 Å². The SMILES string of the molecule is O=C(O)CNC(=O)c1cccc(N2CCC3(CCN(c4ccccc4)C3)C2)n1. The lowest BCUT2D eigenvalue weighted by atomic mass is 9.86. The molecule has 1 aromatic heterocycles. The van der Waals surface area contributed by atoms with Crippen LogP contribution in [0.3, 0.4) is 0 Å². The van der Waals surface area contributed by atoms with Crippen molar-refractivity contribution in [1.29, 1.82) is 0 Å². The van der Waals surface area contributed by atoms with E-state index in [-0.39, 0.29) is 11.1 Å². The molecule has 0 aliphatic carbocycles. The number of anilines is 2. The summed E-state index contributed by atoms with van der Waals surface area (Å²) in [6.45, 7) is 3.52. The molecule has 3 heterocycles. The van der Waals surface area contributed by atoms with Crippen molar-refractivity contribution in [3.8, 4) is 0 Å². The van der Waals surface area contributed by atoms with Crippen LogP contribution in [0.4, 0.5) is 11.5 Å². The summed E-state index contributed by atoms with van der Waals surface area (Å²) in [6, 6.07) is 15.8. The van der Waals surface area contributed by atoms with E-state index in [0.29, 0.717) is 0 Å². The molecule has 2 N–H and O–H groups in total. The van der Waals surface area contributed by atoms with Crippen molar-refractivity contribution < 1.29 is 14.7 Å². The monoisotopic (exact) mass is 380 g/mol. The van der Waals surface area contributed by atoms with Crippen LogP contribution in [0.5, 0.6) is 0 Å². The lowest BCUT2D eigenvalue weighted by Gasteiger charge is -2.26. The molecule has 2 aliphatic rings. The zero-order valence-electron chi connectivity index (χ0n) is 15.7. The van der Waals surface area contributed by atoms with Crippen molar-refractivity contribution in [3.63, 3.8) is 0 Å². The van der Waals surface area contributed by atoms with Crippen LogP contribution in [-0.4, -0.2) is 54.7 Å². The van der Waals surface area contributed by atoms with E-state index in [4.69, 9.17) is 5.11 Å². The summed E-state index contributed by atoms with van der Waals surface area (Å²) in [5.41, 5.74) is 1.77. The number of carboxylic acids is 1. The fraction of sp³-hybridized carbons (Fsp3) is 0.381. The summed E-state index contributed by atoms with van der Waals surface area (Å²) in [5.74, 6) is -0.762. The normalized spacial score (nSPS) is 21.3. The van der Waals surface area contributed by atoms with E-state index < -0.39 is 18.4 Å². The van der Waals surface area contributed by atoms with Gasteiger partial charge in [-0.1, -0.05) is 24.3 Å². The molecule has 1 unspecified atom stereocenters. The molecule has 1 spiro atoms. The first-order valence-corrected chi connectivity index (χ1v) is 9.57. The number of nitrogens with one attached hydrogen (secondary N) is 1. The van der Waals surface area contributed by atoms with E-state index in [9.17, 15) is 9.59 Å². The average Bonchev–Trinajstić information content (AvgIpc) is 3.34. The molecule has 0 bridgehead atoms. The van der Waals surface area contributed by atoms with Crippen LogP contribution in [-0.2, 0) is 4.79 Å². The van der Waals surface area contributed by atoms with Gasteiger partial charge >= 0.3 is 5.97 Å². The molecule has 4 rings (SSSR count). The van der Waals surface area contributed by atoms with Crippen molar-refractivity contribution >= 4 is 23.4 Å². The summed E-state index contributed by atoms with van der Waals surface area (Å²) in [4.78, 5) is 31.9. The van der Waals surface area contributed by atoms with Crippen molar-refractivity contribution in [1.82, 2.24) is 10.3 Å². The Labute approximate surface area is 164 Å². The number of benzene rings is 1. The van der Waals surface area contributed by atoms with Gasteiger partial charge in [-0.05, 0) is 37.1 Å². The third kappa shape index (κ3) is 3.78. The molecular weight excluding hydrogens is 356 g/mol. The van der Waals surface area contributed by atoms with Gasteiger partial charge in [-0.2, -0.15) is 0 Å². The average molecular weight is 380 g/mol. The Hall–Kier alpha value is -3.09. The Morgan fingerprint density at radius 2 is 1.71 bits per heavy atom. The van der Waals surface area contributed by atoms with Gasteiger partial charge in [0.05, 0.1) is 0 Å². The zero-order valence-corrected chi connectivity index (χ0v) is 15.7. The van der Waals surface area contributed by atoms with Crippen LogP contribution in [0.25, 0.3) is 0 Å². The summed E-state index contributed by atoms with van der Waals surface area (Å²) >= 11 is 0. The molecule has 2 fully saturated rings. The van der Waals surface area contributed by atoms with Gasteiger partial charge in [0.15, 0.2) is 0 Å². The largest absolute Gasteiger partial charge is 0.480 e. The lowest BCUT2D eigenvalue weighted by molar-refractivity contribution is -0.135. The van der Waals surface area contributed by atoms with Gasteiger partial charge in [-0.3, -0.25) is 9.59 Å². The Morgan fingerprint density at radius 1 is 1.00 bits per heavy atom. The Balaban J connectivity index is 1.43. The molecule has 0 radical (unpaired) electrons. The molecule has 2 saturated heterocycles. The van der Waals surface area contributed by atoms with Gasteiger partial charge in [0, 0.05) is 37.3 Å². The van der Waals surface area contributed by atoms with E-state index in [0.717, 1.165) is 44.8 Å². The van der Waals surface area contributed by atoms with Gasteiger partial charge in [0.1, 0.15) is 18.1 Å². The number of hydrogen-bond acceptors (Lipinski definition) is 5. The second-order valence-electron chi connectivity index (χ2n) is 7.64. The van der Waals surface area contributed by atoms with Gasteiger partial charge in [-0.15, -0.1) is 0 Å². The molecule has 146 valence electrons. The fourth-order valence-corrected chi connectivity index (χ4v) is 4.23. The molecule has 1 atom stereocenters. The highest BCUT2D eigenvalue weighted by molar-refractivity contribution is 5.94. The molecular formula is C21H24N4O3. The van der Waals surface area contributed by atoms with Crippen molar-refractivity contribution in [2.45, 2.75) is 12.8 Å². The highest BCUT2D eigenvalue weighted by Gasteiger charge is 2.43. The molecule has 1 amide bonds. The molecule has 2 aromatic rings. The van der Waals surface area contributed by atoms with E-state index in [1.807, 2.05) is 12.1 Å². The van der Waals surface area contributed by atoms with Crippen LogP contribution in [0.15, 0.2) is 48.5 Å². The predicted octanol–water partition coefficient (Wildman–Crippen LogP) is 2.00. The van der Waals surface area contributed by atoms with Crippen molar-refractivity contribution in [2.75, 3.05) is 42.5 Å². The number of aliphatic carboxylic acids is 1. The maximum atomic E-state index is 12.1. The Bertz CT molecular complexity index is 873. The number of carbonyl (C=O) groups is 2. The van der Waals surface area contributed by atoms with Crippen molar-refractivity contribution in [2.24, 2.45) is 5.41 Å². The molecule has 28 heavy (non-hydrogen) atoms. The fourth-order valence-electron chi connectivity index (χ4n) is 4.23. The highest BCUT2D eigenvalue weighted by atomic mass is 16.4. The first-order valence-electron chi connectivity index (χ1n) is 9.57. The highest BCUT2D eigenvalue weighted by Crippen LogP contribution is 2.42. The number of carbonyl (C=O) groups excluding carboxylic acids is 1. The number of aromatic nitrogens is 1. The number of hydrogen-bond donors (Lipinski definition) is 2. The molecule has 2 aliphatic heterocycles. The number of para-hydroxylation sites is 1. The molecule has 7 nitrogen and oxygen atoms in total. The summed E-state index contributed by atoms with van der Waals surface area (Å²) in [7, 11) is 0. The van der Waals surface area contributed by atoms with Crippen LogP contribution in [0.2, 0.25) is 0 Å². The van der Waals surface area contributed by atoms with E-state index in [1.54, 1.807) is 12.1 Å². The molecule has 0 saturated carbocycles. The van der Waals surface area contributed by atoms with Gasteiger partial charge < -0.3 is 20.2 Å². The number of carboxylic acid groups (broad SMARTS) is 1. The van der Waals surface area contributed by atoms with Crippen molar-refractivity contribution in [3.05, 3.63) is 54.2 Å². The minimum Gasteiger partial charge on any atom is -0.480 e. The number of rotatable bonds is 5. The number of pyridine rings is 1. The maximum absolute atomic E-state index is 12.1. The molecule has 7 heteroatoms. The van der Waals surface area contributed by atoms with Crippen LogP contribution >= 0.6 is 0 Å². The second kappa shape index (κ2) is 7.50. The summed E-state index contributed by atoms with van der Waals surface area (Å²) in [5, 5.41) is 11.1. The Morgan fingerprint density at radius 3 is 2.46 bits per heavy atom. The summed E-state index contributed by atoms with van der Waals surface area (Å²) < 4.78 is 0. The first-order chi connectivity index (χ1) is 13.5. The maximum Gasteiger partial charge on any atom is 0.322 e.